The second-order valence-corrected chi connectivity index (χ2v) is 6.13. The molecule has 5 nitrogen and oxygen atoms in total. The molecule has 0 saturated carbocycles. The summed E-state index contributed by atoms with van der Waals surface area (Å²) >= 11 is 0. The number of halogens is 1. The molecule has 2 atom stereocenters. The van der Waals surface area contributed by atoms with Crippen LogP contribution >= 0.6 is 0 Å². The standard InChI is InChI=1S/C20H19FO5/c1-24-18(22)20(19(23)25-2)12-16(13-6-4-3-5-7-13)26-17(20)14-8-10-15(21)11-9-14/h3-11,16-17H,12H2,1-2H3/t16-,17-/m1/s1. The van der Waals surface area contributed by atoms with E-state index in [1.165, 1.54) is 38.5 Å². The van der Waals surface area contributed by atoms with Gasteiger partial charge in [-0.15, -0.1) is 0 Å². The molecule has 1 aliphatic heterocycles. The molecular weight excluding hydrogens is 339 g/mol. The number of ether oxygens (including phenoxy) is 3. The smallest absolute Gasteiger partial charge is 0.326 e. The average molecular weight is 358 g/mol. The first-order chi connectivity index (χ1) is 12.5. The molecular formula is C20H19FO5. The van der Waals surface area contributed by atoms with Crippen molar-refractivity contribution in [3.8, 4) is 0 Å². The van der Waals surface area contributed by atoms with Crippen molar-refractivity contribution in [2.75, 3.05) is 14.2 Å². The summed E-state index contributed by atoms with van der Waals surface area (Å²) in [7, 11) is 2.43. The first-order valence-electron chi connectivity index (χ1n) is 8.15. The predicted octanol–water partition coefficient (Wildman–Crippen LogP) is 3.36. The van der Waals surface area contributed by atoms with E-state index < -0.39 is 35.4 Å². The second kappa shape index (κ2) is 7.25. The molecule has 0 spiro atoms. The lowest BCUT2D eigenvalue weighted by atomic mass is 9.76. The lowest BCUT2D eigenvalue weighted by molar-refractivity contribution is -0.173. The summed E-state index contributed by atoms with van der Waals surface area (Å²) in [6.45, 7) is 0. The van der Waals surface area contributed by atoms with Gasteiger partial charge in [-0.1, -0.05) is 42.5 Å². The van der Waals surface area contributed by atoms with Crippen molar-refractivity contribution in [2.24, 2.45) is 5.41 Å². The van der Waals surface area contributed by atoms with Gasteiger partial charge in [-0.3, -0.25) is 9.59 Å². The van der Waals surface area contributed by atoms with E-state index in [1.54, 1.807) is 0 Å². The highest BCUT2D eigenvalue weighted by atomic mass is 19.1. The third kappa shape index (κ3) is 2.97. The summed E-state index contributed by atoms with van der Waals surface area (Å²) in [5, 5.41) is 0. The molecule has 0 radical (unpaired) electrons. The maximum absolute atomic E-state index is 13.3. The average Bonchev–Trinajstić information content (AvgIpc) is 3.10. The molecule has 0 N–H and O–H groups in total. The second-order valence-electron chi connectivity index (χ2n) is 6.13. The van der Waals surface area contributed by atoms with Gasteiger partial charge in [0.15, 0.2) is 5.41 Å². The van der Waals surface area contributed by atoms with Crippen molar-refractivity contribution in [3.05, 3.63) is 71.5 Å². The van der Waals surface area contributed by atoms with Crippen molar-refractivity contribution in [3.63, 3.8) is 0 Å². The lowest BCUT2D eigenvalue weighted by Gasteiger charge is -2.28. The molecule has 1 aliphatic rings. The first kappa shape index (κ1) is 18.1. The number of carbonyl (C=O) groups is 2. The zero-order valence-electron chi connectivity index (χ0n) is 14.5. The van der Waals surface area contributed by atoms with Crippen LogP contribution in [-0.2, 0) is 23.8 Å². The van der Waals surface area contributed by atoms with Crippen LogP contribution in [0.5, 0.6) is 0 Å². The van der Waals surface area contributed by atoms with Gasteiger partial charge >= 0.3 is 11.9 Å². The number of hydrogen-bond donors (Lipinski definition) is 0. The molecule has 6 heteroatoms. The van der Waals surface area contributed by atoms with E-state index in [0.29, 0.717) is 5.56 Å². The van der Waals surface area contributed by atoms with E-state index in [2.05, 4.69) is 0 Å². The van der Waals surface area contributed by atoms with Crippen LogP contribution in [0, 0.1) is 11.2 Å². The summed E-state index contributed by atoms with van der Waals surface area (Å²) in [5.41, 5.74) is -0.336. The first-order valence-corrected chi connectivity index (χ1v) is 8.15. The quantitative estimate of drug-likeness (QED) is 0.619. The molecule has 0 unspecified atom stereocenters. The SMILES string of the molecule is COC(=O)C1(C(=O)OC)C[C@H](c2ccccc2)O[C@@H]1c1ccc(F)cc1. The summed E-state index contributed by atoms with van der Waals surface area (Å²) in [6.07, 6.45) is -1.39. The largest absolute Gasteiger partial charge is 0.468 e. The molecule has 1 heterocycles. The molecule has 0 bridgehead atoms. The fourth-order valence-electron chi connectivity index (χ4n) is 3.42. The Hall–Kier alpha value is -2.73. The van der Waals surface area contributed by atoms with Crippen LogP contribution in [-0.4, -0.2) is 26.2 Å². The van der Waals surface area contributed by atoms with Gasteiger partial charge in [0, 0.05) is 6.42 Å². The van der Waals surface area contributed by atoms with Crippen molar-refractivity contribution in [2.45, 2.75) is 18.6 Å². The fourth-order valence-corrected chi connectivity index (χ4v) is 3.42. The maximum atomic E-state index is 13.3. The van der Waals surface area contributed by atoms with Crippen LogP contribution in [0.2, 0.25) is 0 Å². The lowest BCUT2D eigenvalue weighted by Crippen LogP contribution is -2.43. The van der Waals surface area contributed by atoms with Gasteiger partial charge in [0.05, 0.1) is 20.3 Å². The van der Waals surface area contributed by atoms with Crippen molar-refractivity contribution < 1.29 is 28.2 Å². The zero-order chi connectivity index (χ0) is 18.7. The van der Waals surface area contributed by atoms with E-state index in [0.717, 1.165) is 5.56 Å². The highest BCUT2D eigenvalue weighted by molar-refractivity contribution is 6.01. The van der Waals surface area contributed by atoms with Gasteiger partial charge in [-0.05, 0) is 23.3 Å². The highest BCUT2D eigenvalue weighted by Crippen LogP contribution is 2.54. The van der Waals surface area contributed by atoms with Crippen LogP contribution in [0.25, 0.3) is 0 Å². The van der Waals surface area contributed by atoms with Crippen molar-refractivity contribution in [1.82, 2.24) is 0 Å². The van der Waals surface area contributed by atoms with Crippen LogP contribution in [0.3, 0.4) is 0 Å². The maximum Gasteiger partial charge on any atom is 0.326 e. The van der Waals surface area contributed by atoms with Gasteiger partial charge in [0.2, 0.25) is 0 Å². The minimum atomic E-state index is -1.66. The summed E-state index contributed by atoms with van der Waals surface area (Å²) in [6, 6.07) is 14.8. The number of methoxy groups -OCH3 is 2. The number of carbonyl (C=O) groups excluding carboxylic acids is 2. The van der Waals surface area contributed by atoms with E-state index in [4.69, 9.17) is 14.2 Å². The van der Waals surface area contributed by atoms with Crippen LogP contribution in [0.4, 0.5) is 4.39 Å². The van der Waals surface area contributed by atoms with Gasteiger partial charge in [-0.2, -0.15) is 0 Å². The van der Waals surface area contributed by atoms with E-state index in [9.17, 15) is 14.0 Å². The molecule has 2 aromatic carbocycles. The van der Waals surface area contributed by atoms with Crippen LogP contribution < -0.4 is 0 Å². The van der Waals surface area contributed by atoms with Crippen LogP contribution in [0.15, 0.2) is 54.6 Å². The van der Waals surface area contributed by atoms with Crippen molar-refractivity contribution >= 4 is 11.9 Å². The normalized spacial score (nSPS) is 21.2. The molecule has 1 fully saturated rings. The Balaban J connectivity index is 2.11. The number of benzene rings is 2. The third-order valence-electron chi connectivity index (χ3n) is 4.70. The Labute approximate surface area is 150 Å². The number of hydrogen-bond acceptors (Lipinski definition) is 5. The molecule has 26 heavy (non-hydrogen) atoms. The van der Waals surface area contributed by atoms with Crippen LogP contribution in [0.1, 0.15) is 29.8 Å². The topological polar surface area (TPSA) is 61.8 Å². The number of rotatable bonds is 4. The van der Waals surface area contributed by atoms with Gasteiger partial charge in [0.1, 0.15) is 11.9 Å². The van der Waals surface area contributed by atoms with E-state index in [1.807, 2.05) is 30.3 Å². The zero-order valence-corrected chi connectivity index (χ0v) is 14.5. The minimum Gasteiger partial charge on any atom is -0.468 e. The molecule has 0 aromatic heterocycles. The van der Waals surface area contributed by atoms with Gasteiger partial charge in [-0.25, -0.2) is 4.39 Å². The Bertz CT molecular complexity index is 772. The molecule has 1 saturated heterocycles. The molecule has 136 valence electrons. The Kier molecular flexibility index (Phi) is 5.04. The molecule has 0 amide bonds. The monoisotopic (exact) mass is 358 g/mol. The highest BCUT2D eigenvalue weighted by Gasteiger charge is 2.62. The molecule has 0 aliphatic carbocycles. The molecule has 2 aromatic rings. The predicted molar refractivity (Wildman–Crippen MR) is 90.5 cm³/mol. The van der Waals surface area contributed by atoms with E-state index >= 15 is 0 Å². The summed E-state index contributed by atoms with van der Waals surface area (Å²) in [4.78, 5) is 25.4. The Morgan fingerprint density at radius 2 is 1.54 bits per heavy atom. The molecule has 3 rings (SSSR count). The summed E-state index contributed by atoms with van der Waals surface area (Å²) in [5.74, 6) is -1.90. The van der Waals surface area contributed by atoms with Crippen molar-refractivity contribution in [1.29, 1.82) is 0 Å². The van der Waals surface area contributed by atoms with Gasteiger partial charge < -0.3 is 14.2 Å². The Morgan fingerprint density at radius 1 is 0.962 bits per heavy atom. The number of esters is 2. The van der Waals surface area contributed by atoms with E-state index in [-0.39, 0.29) is 6.42 Å². The third-order valence-corrected chi connectivity index (χ3v) is 4.70. The van der Waals surface area contributed by atoms with Gasteiger partial charge in [0.25, 0.3) is 0 Å². The summed E-state index contributed by atoms with van der Waals surface area (Å²) < 4.78 is 29.3. The minimum absolute atomic E-state index is 0.0679. The Morgan fingerprint density at radius 3 is 2.08 bits per heavy atom. The fraction of sp³-hybridized carbons (Fsp3) is 0.300.